The van der Waals surface area contributed by atoms with Gasteiger partial charge in [-0.25, -0.2) is 8.42 Å². The maximum atomic E-state index is 13.8. The van der Waals surface area contributed by atoms with Gasteiger partial charge in [-0.1, -0.05) is 19.1 Å². The summed E-state index contributed by atoms with van der Waals surface area (Å²) in [6, 6.07) is 3.31. The fourth-order valence-corrected chi connectivity index (χ4v) is 3.48. The molecule has 0 aliphatic carbocycles. The van der Waals surface area contributed by atoms with Gasteiger partial charge in [0.1, 0.15) is 0 Å². The molecule has 0 amide bonds. The van der Waals surface area contributed by atoms with Gasteiger partial charge in [-0.05, 0) is 0 Å². The number of nitro benzene ring substituents is 1. The molecule has 0 saturated heterocycles. The van der Waals surface area contributed by atoms with Crippen LogP contribution in [0, 0.1) is 21.8 Å². The summed E-state index contributed by atoms with van der Waals surface area (Å²) >= 11 is 0. The summed E-state index contributed by atoms with van der Waals surface area (Å²) in [4.78, 5) is 20.9. The molecule has 0 bridgehead atoms. The minimum absolute atomic E-state index is 0.304. The summed E-state index contributed by atoms with van der Waals surface area (Å²) in [6.07, 6.45) is 0. The monoisotopic (exact) mass is 319 g/mol. The fourth-order valence-electron chi connectivity index (χ4n) is 1.76. The zero-order chi connectivity index (χ0) is 16.2. The number of esters is 1. The molecule has 0 radical (unpaired) electrons. The van der Waals surface area contributed by atoms with E-state index >= 15 is 0 Å². The number of halogens is 1. The molecule has 116 valence electrons. The Balaban J connectivity index is 2.98. The van der Waals surface area contributed by atoms with E-state index in [4.69, 9.17) is 0 Å². The molecule has 0 fully saturated rings. The first-order valence-electron chi connectivity index (χ1n) is 5.88. The van der Waals surface area contributed by atoms with Gasteiger partial charge in [0.15, 0.2) is 9.84 Å². The average molecular weight is 319 g/mol. The fraction of sp³-hybridized carbons (Fsp3) is 0.417. The van der Waals surface area contributed by atoms with Crippen LogP contribution in [0.5, 0.6) is 0 Å². The maximum Gasteiger partial charge on any atom is 0.309 e. The molecule has 1 aromatic rings. The van der Waals surface area contributed by atoms with Crippen molar-refractivity contribution in [2.45, 2.75) is 12.7 Å². The van der Waals surface area contributed by atoms with Crippen LogP contribution >= 0.6 is 0 Å². The summed E-state index contributed by atoms with van der Waals surface area (Å²) in [7, 11) is -2.69. The largest absolute Gasteiger partial charge is 0.469 e. The highest BCUT2D eigenvalue weighted by molar-refractivity contribution is 7.90. The third-order valence-electron chi connectivity index (χ3n) is 2.74. The normalized spacial score (nSPS) is 12.7. The van der Waals surface area contributed by atoms with Crippen molar-refractivity contribution in [1.29, 1.82) is 0 Å². The van der Waals surface area contributed by atoms with E-state index in [1.54, 1.807) is 0 Å². The summed E-state index contributed by atoms with van der Waals surface area (Å²) in [6.45, 7) is 1.37. The number of ether oxygens (including phenoxy) is 1. The molecular formula is C12H14FNO6S. The van der Waals surface area contributed by atoms with Crippen LogP contribution in [-0.2, 0) is 25.1 Å². The number of hydrogen-bond donors (Lipinski definition) is 0. The van der Waals surface area contributed by atoms with E-state index < -0.39 is 49.7 Å². The Kier molecular flexibility index (Phi) is 5.36. The number of rotatable bonds is 6. The van der Waals surface area contributed by atoms with Crippen molar-refractivity contribution in [2.24, 2.45) is 5.92 Å². The second kappa shape index (κ2) is 6.61. The number of benzene rings is 1. The Morgan fingerprint density at radius 3 is 2.62 bits per heavy atom. The summed E-state index contributed by atoms with van der Waals surface area (Å²) in [5, 5.41) is 10.6. The van der Waals surface area contributed by atoms with E-state index in [-0.39, 0.29) is 5.56 Å². The molecule has 0 heterocycles. The number of hydrogen-bond acceptors (Lipinski definition) is 6. The van der Waals surface area contributed by atoms with Gasteiger partial charge in [-0.3, -0.25) is 14.9 Å². The van der Waals surface area contributed by atoms with Gasteiger partial charge in [-0.15, -0.1) is 0 Å². The minimum atomic E-state index is -3.82. The van der Waals surface area contributed by atoms with Crippen LogP contribution in [0.25, 0.3) is 0 Å². The molecule has 1 atom stereocenters. The Hall–Kier alpha value is -2.03. The van der Waals surface area contributed by atoms with E-state index in [0.717, 1.165) is 19.2 Å². The van der Waals surface area contributed by atoms with Crippen molar-refractivity contribution in [2.75, 3.05) is 12.9 Å². The Morgan fingerprint density at radius 1 is 1.48 bits per heavy atom. The molecule has 0 aromatic heterocycles. The summed E-state index contributed by atoms with van der Waals surface area (Å²) < 4.78 is 42.1. The van der Waals surface area contributed by atoms with Gasteiger partial charge < -0.3 is 4.74 Å². The van der Waals surface area contributed by atoms with Gasteiger partial charge >= 0.3 is 11.7 Å². The number of carbonyl (C=O) groups excluding carboxylic acids is 1. The number of nitro groups is 1. The van der Waals surface area contributed by atoms with Gasteiger partial charge in [0.05, 0.1) is 29.5 Å². The molecule has 9 heteroatoms. The first kappa shape index (κ1) is 17.0. The van der Waals surface area contributed by atoms with Crippen LogP contribution in [0.3, 0.4) is 0 Å². The first-order valence-corrected chi connectivity index (χ1v) is 7.70. The molecule has 1 unspecified atom stereocenters. The number of carbonyl (C=O) groups is 1. The minimum Gasteiger partial charge on any atom is -0.469 e. The Morgan fingerprint density at radius 2 is 2.10 bits per heavy atom. The van der Waals surface area contributed by atoms with Crippen molar-refractivity contribution in [3.8, 4) is 0 Å². The zero-order valence-electron chi connectivity index (χ0n) is 11.4. The molecule has 0 aliphatic heterocycles. The lowest BCUT2D eigenvalue weighted by Crippen LogP contribution is -2.23. The van der Waals surface area contributed by atoms with E-state index in [1.807, 2.05) is 0 Å². The van der Waals surface area contributed by atoms with Crippen LogP contribution in [0.2, 0.25) is 0 Å². The highest BCUT2D eigenvalue weighted by Gasteiger charge is 2.25. The van der Waals surface area contributed by atoms with Gasteiger partial charge in [0.25, 0.3) is 0 Å². The standard InChI is InChI=1S/C12H14FNO6S/c1-8(12(15)20-2)6-21(18,19)7-9-4-3-5-10(11(9)13)14(16)17/h3-5,8H,6-7H2,1-2H3. The van der Waals surface area contributed by atoms with E-state index in [0.29, 0.717) is 0 Å². The van der Waals surface area contributed by atoms with Crippen LogP contribution in [-0.4, -0.2) is 32.2 Å². The smallest absolute Gasteiger partial charge is 0.309 e. The van der Waals surface area contributed by atoms with Gasteiger partial charge in [0, 0.05) is 11.6 Å². The van der Waals surface area contributed by atoms with E-state index in [2.05, 4.69) is 4.74 Å². The molecule has 0 N–H and O–H groups in total. The van der Waals surface area contributed by atoms with Crippen molar-refractivity contribution in [3.05, 3.63) is 39.7 Å². The predicted molar refractivity (Wildman–Crippen MR) is 71.7 cm³/mol. The van der Waals surface area contributed by atoms with Crippen LogP contribution < -0.4 is 0 Å². The average Bonchev–Trinajstić information content (AvgIpc) is 2.38. The van der Waals surface area contributed by atoms with Gasteiger partial charge in [-0.2, -0.15) is 4.39 Å². The van der Waals surface area contributed by atoms with Crippen LogP contribution in [0.15, 0.2) is 18.2 Å². The van der Waals surface area contributed by atoms with Crippen molar-refractivity contribution in [1.82, 2.24) is 0 Å². The quantitative estimate of drug-likeness (QED) is 0.446. The Bertz CT molecular complexity index is 658. The molecule has 0 spiro atoms. The lowest BCUT2D eigenvalue weighted by Gasteiger charge is -2.10. The van der Waals surface area contributed by atoms with Crippen LogP contribution in [0.4, 0.5) is 10.1 Å². The van der Waals surface area contributed by atoms with Crippen molar-refractivity contribution < 1.29 is 27.3 Å². The molecule has 1 rings (SSSR count). The second-order valence-electron chi connectivity index (χ2n) is 4.49. The zero-order valence-corrected chi connectivity index (χ0v) is 12.2. The molecule has 21 heavy (non-hydrogen) atoms. The highest BCUT2D eigenvalue weighted by Crippen LogP contribution is 2.22. The topological polar surface area (TPSA) is 104 Å². The summed E-state index contributed by atoms with van der Waals surface area (Å²) in [5.41, 5.74) is -1.09. The van der Waals surface area contributed by atoms with E-state index in [9.17, 15) is 27.7 Å². The molecule has 7 nitrogen and oxygen atoms in total. The predicted octanol–water partition coefficient (Wildman–Crippen LogP) is 1.46. The maximum absolute atomic E-state index is 13.8. The number of sulfone groups is 1. The number of nitrogens with zero attached hydrogens (tertiary/aromatic N) is 1. The third-order valence-corrected chi connectivity index (χ3v) is 4.50. The van der Waals surface area contributed by atoms with Crippen LogP contribution in [0.1, 0.15) is 12.5 Å². The third kappa shape index (κ3) is 4.48. The van der Waals surface area contributed by atoms with Gasteiger partial charge in [0.2, 0.25) is 5.82 Å². The SMILES string of the molecule is COC(=O)C(C)CS(=O)(=O)Cc1cccc([N+](=O)[O-])c1F. The van der Waals surface area contributed by atoms with E-state index in [1.165, 1.54) is 13.0 Å². The highest BCUT2D eigenvalue weighted by atomic mass is 32.2. The lowest BCUT2D eigenvalue weighted by atomic mass is 10.2. The summed E-state index contributed by atoms with van der Waals surface area (Å²) in [5.74, 6) is -4.03. The van der Waals surface area contributed by atoms with Crippen molar-refractivity contribution >= 4 is 21.5 Å². The molecule has 1 aromatic carbocycles. The molecular weight excluding hydrogens is 305 g/mol. The second-order valence-corrected chi connectivity index (χ2v) is 6.60. The first-order chi connectivity index (χ1) is 9.68. The molecule has 0 aliphatic rings. The van der Waals surface area contributed by atoms with Crippen molar-refractivity contribution in [3.63, 3.8) is 0 Å². The lowest BCUT2D eigenvalue weighted by molar-refractivity contribution is -0.387. The number of methoxy groups -OCH3 is 1. The Labute approximate surface area is 120 Å². The molecule has 0 saturated carbocycles.